The summed E-state index contributed by atoms with van der Waals surface area (Å²) in [4.78, 5) is 21.9. The van der Waals surface area contributed by atoms with E-state index in [1.165, 1.54) is 30.4 Å². The van der Waals surface area contributed by atoms with Gasteiger partial charge in [-0.1, -0.05) is 74.0 Å². The zero-order valence-electron chi connectivity index (χ0n) is 19.5. The van der Waals surface area contributed by atoms with E-state index < -0.39 is 0 Å². The van der Waals surface area contributed by atoms with E-state index in [1.54, 1.807) is 18.0 Å². The van der Waals surface area contributed by atoms with Crippen LogP contribution in [-0.4, -0.2) is 26.5 Å². The average molecular weight is 471 g/mol. The van der Waals surface area contributed by atoms with Crippen LogP contribution in [0.4, 0.5) is 0 Å². The molecule has 2 aromatic carbocycles. The number of nitrogens with one attached hydrogen (secondary N) is 1. The smallest absolute Gasteiger partial charge is 0.251 e. The van der Waals surface area contributed by atoms with Crippen LogP contribution in [0.3, 0.4) is 0 Å². The van der Waals surface area contributed by atoms with Crippen molar-refractivity contribution in [2.24, 2.45) is 5.92 Å². The Kier molecular flexibility index (Phi) is 6.95. The number of benzene rings is 2. The van der Waals surface area contributed by atoms with Crippen molar-refractivity contribution in [3.63, 3.8) is 0 Å². The molecule has 5 nitrogen and oxygen atoms in total. The lowest BCUT2D eigenvalue weighted by atomic mass is 9.86. The van der Waals surface area contributed by atoms with E-state index in [4.69, 9.17) is 4.98 Å². The number of carbonyl (C=O) groups is 1. The minimum absolute atomic E-state index is 0.0371. The third-order valence-electron chi connectivity index (χ3n) is 6.71. The van der Waals surface area contributed by atoms with E-state index in [-0.39, 0.29) is 5.91 Å². The number of hydrogen-bond donors (Lipinski definition) is 1. The molecule has 1 aliphatic carbocycles. The minimum atomic E-state index is 0.0371. The molecule has 1 N–H and O–H groups in total. The molecule has 2 atom stereocenters. The number of amides is 1. The van der Waals surface area contributed by atoms with Crippen LogP contribution < -0.4 is 5.32 Å². The number of pyridine rings is 1. The fourth-order valence-corrected chi connectivity index (χ4v) is 5.63. The summed E-state index contributed by atoms with van der Waals surface area (Å²) in [5, 5.41) is 4.22. The third-order valence-corrected chi connectivity index (χ3v) is 7.76. The second-order valence-electron chi connectivity index (χ2n) is 9.16. The highest BCUT2D eigenvalue weighted by molar-refractivity contribution is 7.98. The number of nitrogens with zero attached hydrogens (tertiary/aromatic N) is 3. The van der Waals surface area contributed by atoms with Crippen molar-refractivity contribution in [3.8, 4) is 0 Å². The molecule has 1 aliphatic rings. The summed E-state index contributed by atoms with van der Waals surface area (Å²) >= 11 is 1.71. The van der Waals surface area contributed by atoms with Crippen molar-refractivity contribution < 1.29 is 4.79 Å². The normalized spacial score (nSPS) is 18.1. The van der Waals surface area contributed by atoms with E-state index in [9.17, 15) is 4.79 Å². The standard InChI is InChI=1S/C28H30N4OS/c1-20-7-5-6-10-24(20)30-27(33)23-13-11-22(12-14-23)19-34-28-31-25-15-16-29-17-26(25)32(28)18-21-8-3-2-4-9-21/h2-4,8-9,11-17,20,24H,5-7,10,18-19H2,1H3,(H,30,33)/t20-,24+/m1/s1. The maximum Gasteiger partial charge on any atom is 0.251 e. The van der Waals surface area contributed by atoms with Gasteiger partial charge in [-0.05, 0) is 48.1 Å². The summed E-state index contributed by atoms with van der Waals surface area (Å²) in [5.74, 6) is 1.38. The van der Waals surface area contributed by atoms with Crippen LogP contribution in [0.5, 0.6) is 0 Å². The lowest BCUT2D eigenvalue weighted by molar-refractivity contribution is 0.0910. The average Bonchev–Trinajstić information content (AvgIpc) is 3.22. The van der Waals surface area contributed by atoms with E-state index in [2.05, 4.69) is 58.2 Å². The molecule has 0 aliphatic heterocycles. The van der Waals surface area contributed by atoms with Crippen molar-refractivity contribution in [3.05, 3.63) is 89.7 Å². The van der Waals surface area contributed by atoms with E-state index >= 15 is 0 Å². The Morgan fingerprint density at radius 3 is 2.62 bits per heavy atom. The van der Waals surface area contributed by atoms with Crippen molar-refractivity contribution in [2.45, 2.75) is 56.1 Å². The van der Waals surface area contributed by atoms with Gasteiger partial charge < -0.3 is 9.88 Å². The van der Waals surface area contributed by atoms with Crippen molar-refractivity contribution in [1.82, 2.24) is 19.9 Å². The van der Waals surface area contributed by atoms with Gasteiger partial charge in [0, 0.05) is 23.6 Å². The van der Waals surface area contributed by atoms with Crippen LogP contribution in [0.15, 0.2) is 78.2 Å². The molecular weight excluding hydrogens is 440 g/mol. The Bertz CT molecular complexity index is 1250. The topological polar surface area (TPSA) is 59.8 Å². The number of rotatable bonds is 7. The molecule has 34 heavy (non-hydrogen) atoms. The maximum atomic E-state index is 12.7. The van der Waals surface area contributed by atoms with E-state index in [0.29, 0.717) is 12.0 Å². The van der Waals surface area contributed by atoms with Gasteiger partial charge in [-0.15, -0.1) is 0 Å². The molecule has 174 valence electrons. The fraction of sp³-hybridized carbons (Fsp3) is 0.321. The molecule has 0 saturated heterocycles. The predicted octanol–water partition coefficient (Wildman–Crippen LogP) is 6.08. The first kappa shape index (κ1) is 22.7. The Morgan fingerprint density at radius 2 is 1.82 bits per heavy atom. The Morgan fingerprint density at radius 1 is 1.03 bits per heavy atom. The molecule has 1 amide bonds. The molecule has 1 fully saturated rings. The van der Waals surface area contributed by atoms with Crippen LogP contribution in [0.1, 0.15) is 54.1 Å². The highest BCUT2D eigenvalue weighted by Gasteiger charge is 2.23. The lowest BCUT2D eigenvalue weighted by Crippen LogP contribution is -2.41. The first-order valence-corrected chi connectivity index (χ1v) is 13.0. The molecule has 1 saturated carbocycles. The van der Waals surface area contributed by atoms with E-state index in [1.807, 2.05) is 30.5 Å². The Labute approximate surface area is 205 Å². The number of fused-ring (bicyclic) bond motifs is 1. The van der Waals surface area contributed by atoms with E-state index in [0.717, 1.165) is 40.5 Å². The Balaban J connectivity index is 1.27. The molecule has 4 aromatic rings. The molecule has 5 rings (SSSR count). The van der Waals surface area contributed by atoms with Gasteiger partial charge in [-0.3, -0.25) is 9.78 Å². The number of aromatic nitrogens is 3. The van der Waals surface area contributed by atoms with Gasteiger partial charge in [0.05, 0.1) is 23.8 Å². The summed E-state index contributed by atoms with van der Waals surface area (Å²) in [6.45, 7) is 3.00. The summed E-state index contributed by atoms with van der Waals surface area (Å²) in [7, 11) is 0. The second kappa shape index (κ2) is 10.4. The maximum absolute atomic E-state index is 12.7. The van der Waals surface area contributed by atoms with Gasteiger partial charge in [-0.2, -0.15) is 0 Å². The molecule has 2 heterocycles. The summed E-state index contributed by atoms with van der Waals surface area (Å²) in [6.07, 6.45) is 8.43. The highest BCUT2D eigenvalue weighted by Crippen LogP contribution is 2.28. The largest absolute Gasteiger partial charge is 0.349 e. The number of hydrogen-bond acceptors (Lipinski definition) is 4. The molecule has 0 spiro atoms. The van der Waals surface area contributed by atoms with Crippen LogP contribution in [-0.2, 0) is 12.3 Å². The first-order valence-electron chi connectivity index (χ1n) is 12.0. The Hall–Kier alpha value is -3.12. The highest BCUT2D eigenvalue weighted by atomic mass is 32.2. The van der Waals surface area contributed by atoms with Crippen molar-refractivity contribution in [1.29, 1.82) is 0 Å². The zero-order valence-corrected chi connectivity index (χ0v) is 20.3. The van der Waals surface area contributed by atoms with Gasteiger partial charge in [0.1, 0.15) is 0 Å². The second-order valence-corrected chi connectivity index (χ2v) is 10.1. The van der Waals surface area contributed by atoms with Crippen molar-refractivity contribution in [2.75, 3.05) is 0 Å². The zero-order chi connectivity index (χ0) is 23.3. The molecule has 0 bridgehead atoms. The van der Waals surface area contributed by atoms with Gasteiger partial charge in [0.2, 0.25) is 0 Å². The fourth-order valence-electron chi connectivity index (χ4n) is 4.66. The van der Waals surface area contributed by atoms with Crippen LogP contribution in [0, 0.1) is 5.92 Å². The van der Waals surface area contributed by atoms with Gasteiger partial charge >= 0.3 is 0 Å². The molecule has 0 unspecified atom stereocenters. The number of thioether (sulfide) groups is 1. The number of imidazole rings is 1. The van der Waals surface area contributed by atoms with Crippen LogP contribution >= 0.6 is 11.8 Å². The molecular formula is C28H30N4OS. The van der Waals surface area contributed by atoms with Gasteiger partial charge in [-0.25, -0.2) is 4.98 Å². The number of carbonyl (C=O) groups excluding carboxylic acids is 1. The molecule has 2 aromatic heterocycles. The first-order chi connectivity index (χ1) is 16.7. The third kappa shape index (κ3) is 5.17. The molecule has 6 heteroatoms. The minimum Gasteiger partial charge on any atom is -0.349 e. The quantitative estimate of drug-likeness (QED) is 0.333. The molecule has 0 radical (unpaired) electrons. The van der Waals surface area contributed by atoms with Crippen molar-refractivity contribution >= 4 is 28.7 Å². The summed E-state index contributed by atoms with van der Waals surface area (Å²) in [6, 6.07) is 20.7. The SMILES string of the molecule is C[C@@H]1CCCC[C@@H]1NC(=O)c1ccc(CSc2nc3ccncc3n2Cc2ccccc2)cc1. The monoisotopic (exact) mass is 470 g/mol. The summed E-state index contributed by atoms with van der Waals surface area (Å²) < 4.78 is 2.23. The van der Waals surface area contributed by atoms with Gasteiger partial charge in [0.25, 0.3) is 5.91 Å². The predicted molar refractivity (Wildman–Crippen MR) is 138 cm³/mol. The summed E-state index contributed by atoms with van der Waals surface area (Å²) in [5.41, 5.74) is 5.13. The van der Waals surface area contributed by atoms with Crippen LogP contribution in [0.2, 0.25) is 0 Å². The van der Waals surface area contributed by atoms with Crippen LogP contribution in [0.25, 0.3) is 11.0 Å². The lowest BCUT2D eigenvalue weighted by Gasteiger charge is -2.29. The van der Waals surface area contributed by atoms with Gasteiger partial charge in [0.15, 0.2) is 5.16 Å².